The number of carbonyl (C=O) groups is 4. The number of fused-ring (bicyclic) bond motifs is 4. The van der Waals surface area contributed by atoms with E-state index in [-0.39, 0.29) is 22.3 Å². The summed E-state index contributed by atoms with van der Waals surface area (Å²) in [5.41, 5.74) is 4.56. The lowest BCUT2D eigenvalue weighted by atomic mass is 9.70. The Balaban J connectivity index is 1.21. The highest BCUT2D eigenvalue weighted by atomic mass is 16.5. The van der Waals surface area contributed by atoms with Crippen LogP contribution in [-0.2, 0) is 0 Å². The first-order valence-corrected chi connectivity index (χ1v) is 25.4. The van der Waals surface area contributed by atoms with Crippen molar-refractivity contribution in [2.45, 2.75) is 117 Å². The van der Waals surface area contributed by atoms with Crippen molar-refractivity contribution in [2.24, 2.45) is 16.7 Å². The standard InChI is InChI=1S/C62H72N4O5/c1-61(2,3)42-51(62(4,5)6)36-23-9-7-8-10-24-37-71-52-40-49-39-50(41-52)60(70)66-56(46-32-21-14-22-33-46)54(44-28-17-12-18-29-44)64-58(68)48-35-25-34-47(38-48)57(67)63-53(43-26-15-11-16-27-43)55(65-59(49)69)45-30-19-13-20-31-45/h11-22,25-35,38-41,51,53-56H,7-10,23-24,36-37,42H2,1-6H3,(H,63,67)(H,64,68)(H,65,69)(H,66,70)/t51?,53-,54-,55-,56-/m1/s1. The molecule has 0 spiro atoms. The molecule has 6 aromatic carbocycles. The van der Waals surface area contributed by atoms with Gasteiger partial charge in [0.1, 0.15) is 5.75 Å². The summed E-state index contributed by atoms with van der Waals surface area (Å²) in [7, 11) is 0. The van der Waals surface area contributed by atoms with Crippen LogP contribution in [0, 0.1) is 16.7 Å². The van der Waals surface area contributed by atoms with E-state index < -0.39 is 47.8 Å². The molecule has 0 aliphatic carbocycles. The van der Waals surface area contributed by atoms with Crippen LogP contribution in [0.4, 0.5) is 0 Å². The Morgan fingerprint density at radius 3 is 1.11 bits per heavy atom. The average molecular weight is 953 g/mol. The number of hydrogen-bond acceptors (Lipinski definition) is 5. The van der Waals surface area contributed by atoms with Gasteiger partial charge in [-0.15, -0.1) is 0 Å². The van der Waals surface area contributed by atoms with Crippen LogP contribution in [0.1, 0.15) is 181 Å². The third kappa shape index (κ3) is 14.8. The summed E-state index contributed by atoms with van der Waals surface area (Å²) in [4.78, 5) is 58.7. The number of hydrogen-bond donors (Lipinski definition) is 4. The van der Waals surface area contributed by atoms with Crippen LogP contribution in [0.15, 0.2) is 164 Å². The first kappa shape index (κ1) is 51.8. The summed E-state index contributed by atoms with van der Waals surface area (Å²) in [5, 5.41) is 12.9. The Morgan fingerprint density at radius 1 is 0.408 bits per heavy atom. The van der Waals surface area contributed by atoms with Crippen LogP contribution in [0.25, 0.3) is 0 Å². The molecule has 9 nitrogen and oxygen atoms in total. The first-order chi connectivity index (χ1) is 34.1. The fraction of sp³-hybridized carbons (Fsp3) is 0.355. The van der Waals surface area contributed by atoms with E-state index in [4.69, 9.17) is 4.74 Å². The molecule has 1 aliphatic heterocycles. The molecule has 7 rings (SSSR count). The van der Waals surface area contributed by atoms with Crippen molar-refractivity contribution in [1.29, 1.82) is 0 Å². The second-order valence-electron chi connectivity index (χ2n) is 21.4. The Bertz CT molecular complexity index is 2530. The van der Waals surface area contributed by atoms with Crippen molar-refractivity contribution >= 4 is 23.6 Å². The number of benzene rings is 6. The molecule has 0 aromatic heterocycles. The van der Waals surface area contributed by atoms with Crippen LogP contribution in [0.5, 0.6) is 5.75 Å². The molecule has 0 fully saturated rings. The molecule has 1 unspecified atom stereocenters. The zero-order chi connectivity index (χ0) is 50.4. The van der Waals surface area contributed by atoms with Gasteiger partial charge in [0.15, 0.2) is 0 Å². The third-order valence-electron chi connectivity index (χ3n) is 13.6. The molecule has 0 radical (unpaired) electrons. The molecule has 6 aromatic rings. The van der Waals surface area contributed by atoms with Crippen LogP contribution in [0.3, 0.4) is 0 Å². The number of unbranched alkanes of at least 4 members (excludes halogenated alkanes) is 5. The van der Waals surface area contributed by atoms with E-state index in [0.717, 1.165) is 47.9 Å². The van der Waals surface area contributed by atoms with Gasteiger partial charge < -0.3 is 26.0 Å². The maximum absolute atomic E-state index is 14.9. The van der Waals surface area contributed by atoms with Gasteiger partial charge in [-0.05, 0) is 94.7 Å². The third-order valence-corrected chi connectivity index (χ3v) is 13.6. The molecule has 71 heavy (non-hydrogen) atoms. The number of amides is 4. The Labute approximate surface area is 421 Å². The minimum atomic E-state index is -0.769. The maximum Gasteiger partial charge on any atom is 0.252 e. The molecule has 9 heteroatoms. The maximum atomic E-state index is 14.9. The zero-order valence-electron chi connectivity index (χ0n) is 42.4. The molecule has 4 bridgehead atoms. The van der Waals surface area contributed by atoms with E-state index in [1.807, 2.05) is 121 Å². The zero-order valence-corrected chi connectivity index (χ0v) is 42.4. The number of nitrogens with one attached hydrogen (secondary N) is 4. The van der Waals surface area contributed by atoms with Crippen molar-refractivity contribution in [3.63, 3.8) is 0 Å². The Kier molecular flexibility index (Phi) is 17.7. The topological polar surface area (TPSA) is 126 Å². The summed E-state index contributed by atoms with van der Waals surface area (Å²) in [6.07, 6.45) is 9.00. The van der Waals surface area contributed by atoms with Crippen molar-refractivity contribution in [1.82, 2.24) is 21.3 Å². The predicted molar refractivity (Wildman–Crippen MR) is 284 cm³/mol. The minimum Gasteiger partial charge on any atom is -0.494 e. The number of rotatable bonds is 15. The van der Waals surface area contributed by atoms with Crippen molar-refractivity contribution < 1.29 is 23.9 Å². The van der Waals surface area contributed by atoms with Gasteiger partial charge in [0, 0.05) is 22.3 Å². The van der Waals surface area contributed by atoms with Gasteiger partial charge >= 0.3 is 0 Å². The van der Waals surface area contributed by atoms with E-state index in [2.05, 4.69) is 62.8 Å². The van der Waals surface area contributed by atoms with E-state index in [1.54, 1.807) is 42.5 Å². The molecule has 4 N–H and O–H groups in total. The second kappa shape index (κ2) is 24.2. The fourth-order valence-electron chi connectivity index (χ4n) is 9.69. The molecular formula is C62H72N4O5. The average Bonchev–Trinajstić information content (AvgIpc) is 3.37. The van der Waals surface area contributed by atoms with Gasteiger partial charge in [0.05, 0.1) is 30.8 Å². The van der Waals surface area contributed by atoms with Crippen molar-refractivity contribution in [3.8, 4) is 5.75 Å². The summed E-state index contributed by atoms with van der Waals surface area (Å²) in [5.74, 6) is -0.692. The molecule has 1 heterocycles. The Hall–Kier alpha value is -7.00. The van der Waals surface area contributed by atoms with Crippen LogP contribution in [-0.4, -0.2) is 30.2 Å². The molecule has 0 saturated carbocycles. The summed E-state index contributed by atoms with van der Waals surface area (Å²) in [6, 6.07) is 46.4. The molecular weight excluding hydrogens is 881 g/mol. The van der Waals surface area contributed by atoms with Crippen LogP contribution < -0.4 is 26.0 Å². The first-order valence-electron chi connectivity index (χ1n) is 25.4. The lowest BCUT2D eigenvalue weighted by molar-refractivity contribution is 0.0873. The molecule has 0 saturated heterocycles. The molecule has 370 valence electrons. The predicted octanol–water partition coefficient (Wildman–Crippen LogP) is 13.5. The normalized spacial score (nSPS) is 18.5. The van der Waals surface area contributed by atoms with E-state index in [1.165, 1.54) is 25.7 Å². The van der Waals surface area contributed by atoms with Gasteiger partial charge in [-0.3, -0.25) is 19.2 Å². The number of ether oxygens (including phenoxy) is 1. The second-order valence-corrected chi connectivity index (χ2v) is 21.4. The SMILES string of the molecule is CC(C)(C)CC(CCCCCCCCOc1cc2cc(c1)C(=O)N[C@H](c1ccccc1)[C@@H](c1ccccc1)NC(=O)c1cccc(c1)C(=O)N[C@H](c1ccccc1)[C@@H](c1ccccc1)NC2=O)C(C)(C)C. The van der Waals surface area contributed by atoms with Gasteiger partial charge in [-0.2, -0.15) is 0 Å². The number of carbonyl (C=O) groups excluding carboxylic acids is 4. The largest absolute Gasteiger partial charge is 0.494 e. The monoisotopic (exact) mass is 953 g/mol. The van der Waals surface area contributed by atoms with Gasteiger partial charge in [-0.25, -0.2) is 0 Å². The Morgan fingerprint density at radius 2 is 0.746 bits per heavy atom. The molecule has 5 atom stereocenters. The highest BCUT2D eigenvalue weighted by molar-refractivity contribution is 6.02. The van der Waals surface area contributed by atoms with E-state index in [9.17, 15) is 19.2 Å². The van der Waals surface area contributed by atoms with Gasteiger partial charge in [0.2, 0.25) is 0 Å². The molecule has 1 aliphatic rings. The quantitative estimate of drug-likeness (QED) is 0.0763. The van der Waals surface area contributed by atoms with E-state index >= 15 is 0 Å². The summed E-state index contributed by atoms with van der Waals surface area (Å²) < 4.78 is 6.42. The van der Waals surface area contributed by atoms with Crippen molar-refractivity contribution in [2.75, 3.05) is 6.61 Å². The van der Waals surface area contributed by atoms with E-state index in [0.29, 0.717) is 29.1 Å². The highest BCUT2D eigenvalue weighted by Crippen LogP contribution is 2.39. The minimum absolute atomic E-state index is 0.213. The lowest BCUT2D eigenvalue weighted by Crippen LogP contribution is -2.42. The van der Waals surface area contributed by atoms with Gasteiger partial charge in [0.25, 0.3) is 23.6 Å². The summed E-state index contributed by atoms with van der Waals surface area (Å²) in [6.45, 7) is 14.5. The molecule has 4 amide bonds. The van der Waals surface area contributed by atoms with Crippen LogP contribution >= 0.6 is 0 Å². The smallest absolute Gasteiger partial charge is 0.252 e. The summed E-state index contributed by atoms with van der Waals surface area (Å²) >= 11 is 0. The highest BCUT2D eigenvalue weighted by Gasteiger charge is 2.33. The van der Waals surface area contributed by atoms with Crippen LogP contribution in [0.2, 0.25) is 0 Å². The lowest BCUT2D eigenvalue weighted by Gasteiger charge is -2.36. The fourth-order valence-corrected chi connectivity index (χ4v) is 9.69. The van der Waals surface area contributed by atoms with Crippen molar-refractivity contribution in [3.05, 3.63) is 208 Å². The van der Waals surface area contributed by atoms with Gasteiger partial charge in [-0.1, -0.05) is 201 Å².